The number of nitro benzene ring substituents is 1. The van der Waals surface area contributed by atoms with Crippen LogP contribution in [0.3, 0.4) is 0 Å². The molecule has 0 amide bonds. The molecule has 0 saturated carbocycles. The van der Waals surface area contributed by atoms with E-state index in [1.807, 2.05) is 0 Å². The van der Waals surface area contributed by atoms with Crippen molar-refractivity contribution in [3.8, 4) is 0 Å². The number of hydrogen-bond donors (Lipinski definition) is 1. The fraction of sp³-hybridized carbons (Fsp3) is 0. The van der Waals surface area contributed by atoms with Gasteiger partial charge in [-0.3, -0.25) is 14.9 Å². The van der Waals surface area contributed by atoms with Crippen LogP contribution in [0.5, 0.6) is 0 Å². The Bertz CT molecular complexity index is 806. The first-order valence-corrected chi connectivity index (χ1v) is 6.20. The Kier molecular flexibility index (Phi) is 4.18. The summed E-state index contributed by atoms with van der Waals surface area (Å²) in [6.45, 7) is 0. The highest BCUT2D eigenvalue weighted by atomic mass is 35.5. The molecule has 0 bridgehead atoms. The highest BCUT2D eigenvalue weighted by Gasteiger charge is 2.20. The molecule has 0 aromatic heterocycles. The molecule has 6 nitrogen and oxygen atoms in total. The Hall–Kier alpha value is -2.80. The molecule has 0 heterocycles. The van der Waals surface area contributed by atoms with Crippen molar-refractivity contribution in [3.05, 3.63) is 74.0 Å². The zero-order chi connectivity index (χ0) is 16.4. The number of rotatable bonds is 4. The molecule has 0 aliphatic carbocycles. The van der Waals surface area contributed by atoms with Gasteiger partial charge in [-0.15, -0.1) is 0 Å². The van der Waals surface area contributed by atoms with Gasteiger partial charge in [0.15, 0.2) is 5.78 Å². The Morgan fingerprint density at radius 2 is 1.77 bits per heavy atom. The standard InChI is InChI=1S/C14H7ClFNO5/c15-10-6-7(2-4-12(10)17(21)22)13(18)9-5-8(14(19)20)1-3-11(9)16/h1-6H,(H,19,20). The van der Waals surface area contributed by atoms with Crippen LogP contribution in [0, 0.1) is 15.9 Å². The van der Waals surface area contributed by atoms with Crippen molar-refractivity contribution >= 4 is 29.0 Å². The second-order valence-corrected chi connectivity index (χ2v) is 4.66. The number of carboxylic acid groups (broad SMARTS) is 1. The van der Waals surface area contributed by atoms with Gasteiger partial charge in [0.2, 0.25) is 0 Å². The number of carbonyl (C=O) groups excluding carboxylic acids is 1. The summed E-state index contributed by atoms with van der Waals surface area (Å²) in [7, 11) is 0. The average Bonchev–Trinajstić information content (AvgIpc) is 2.46. The number of nitro groups is 1. The zero-order valence-electron chi connectivity index (χ0n) is 10.7. The molecule has 0 saturated heterocycles. The summed E-state index contributed by atoms with van der Waals surface area (Å²) in [4.78, 5) is 33.0. The Morgan fingerprint density at radius 3 is 2.32 bits per heavy atom. The molecule has 0 spiro atoms. The summed E-state index contributed by atoms with van der Waals surface area (Å²) in [5, 5.41) is 19.2. The first-order valence-electron chi connectivity index (χ1n) is 5.82. The van der Waals surface area contributed by atoms with Crippen molar-refractivity contribution in [1.29, 1.82) is 0 Å². The largest absolute Gasteiger partial charge is 0.478 e. The van der Waals surface area contributed by atoms with E-state index in [9.17, 15) is 24.1 Å². The van der Waals surface area contributed by atoms with Gasteiger partial charge in [0.25, 0.3) is 5.69 Å². The minimum Gasteiger partial charge on any atom is -0.478 e. The molecule has 0 fully saturated rings. The molecule has 2 aromatic rings. The monoisotopic (exact) mass is 323 g/mol. The van der Waals surface area contributed by atoms with E-state index in [1.54, 1.807) is 0 Å². The van der Waals surface area contributed by atoms with Crippen molar-refractivity contribution in [1.82, 2.24) is 0 Å². The van der Waals surface area contributed by atoms with Gasteiger partial charge >= 0.3 is 5.97 Å². The van der Waals surface area contributed by atoms with E-state index in [0.717, 1.165) is 36.4 Å². The molecule has 0 aliphatic heterocycles. The molecule has 22 heavy (non-hydrogen) atoms. The van der Waals surface area contributed by atoms with Crippen molar-refractivity contribution in [2.24, 2.45) is 0 Å². The normalized spacial score (nSPS) is 10.3. The van der Waals surface area contributed by atoms with Gasteiger partial charge in [-0.2, -0.15) is 0 Å². The van der Waals surface area contributed by atoms with E-state index >= 15 is 0 Å². The second-order valence-electron chi connectivity index (χ2n) is 4.25. The molecule has 0 radical (unpaired) electrons. The van der Waals surface area contributed by atoms with Gasteiger partial charge in [0.05, 0.1) is 16.1 Å². The van der Waals surface area contributed by atoms with Crippen molar-refractivity contribution in [2.45, 2.75) is 0 Å². The fourth-order valence-electron chi connectivity index (χ4n) is 1.78. The highest BCUT2D eigenvalue weighted by Crippen LogP contribution is 2.26. The summed E-state index contributed by atoms with van der Waals surface area (Å²) >= 11 is 5.70. The molecular formula is C14H7ClFNO5. The summed E-state index contributed by atoms with van der Waals surface area (Å²) < 4.78 is 13.7. The molecule has 1 N–H and O–H groups in total. The van der Waals surface area contributed by atoms with Crippen LogP contribution in [0.15, 0.2) is 36.4 Å². The third kappa shape index (κ3) is 2.94. The van der Waals surface area contributed by atoms with E-state index in [1.165, 1.54) is 0 Å². The molecule has 0 aliphatic rings. The van der Waals surface area contributed by atoms with Crippen LogP contribution in [0.1, 0.15) is 26.3 Å². The van der Waals surface area contributed by atoms with E-state index in [-0.39, 0.29) is 16.1 Å². The van der Waals surface area contributed by atoms with Crippen molar-refractivity contribution in [3.63, 3.8) is 0 Å². The van der Waals surface area contributed by atoms with Crippen molar-refractivity contribution in [2.75, 3.05) is 0 Å². The minimum absolute atomic E-state index is 0.0861. The third-order valence-electron chi connectivity index (χ3n) is 2.86. The van der Waals surface area contributed by atoms with Crippen LogP contribution >= 0.6 is 11.6 Å². The molecule has 0 unspecified atom stereocenters. The first kappa shape index (κ1) is 15.6. The minimum atomic E-state index is -1.31. The topological polar surface area (TPSA) is 97.5 Å². The summed E-state index contributed by atoms with van der Waals surface area (Å²) in [5.41, 5.74) is -1.18. The number of ketones is 1. The van der Waals surface area contributed by atoms with Gasteiger partial charge in [-0.05, 0) is 30.3 Å². The fourth-order valence-corrected chi connectivity index (χ4v) is 2.03. The first-order chi connectivity index (χ1) is 10.3. The van der Waals surface area contributed by atoms with Crippen LogP contribution in [-0.4, -0.2) is 21.8 Å². The molecule has 8 heteroatoms. The lowest BCUT2D eigenvalue weighted by Crippen LogP contribution is -2.07. The maximum absolute atomic E-state index is 13.7. The quantitative estimate of drug-likeness (QED) is 0.529. The van der Waals surface area contributed by atoms with Crippen molar-refractivity contribution < 1.29 is 24.0 Å². The third-order valence-corrected chi connectivity index (χ3v) is 3.17. The molecule has 2 rings (SSSR count). The van der Waals surface area contributed by atoms with Gasteiger partial charge in [-0.1, -0.05) is 11.6 Å². The maximum Gasteiger partial charge on any atom is 0.335 e. The van der Waals surface area contributed by atoms with Crippen LogP contribution in [-0.2, 0) is 0 Å². The van der Waals surface area contributed by atoms with E-state index in [0.29, 0.717) is 0 Å². The van der Waals surface area contributed by atoms with E-state index < -0.39 is 33.7 Å². The van der Waals surface area contributed by atoms with Gasteiger partial charge in [0, 0.05) is 11.6 Å². The summed E-state index contributed by atoms with van der Waals surface area (Å²) in [5.74, 6) is -3.03. The molecular weight excluding hydrogens is 317 g/mol. The SMILES string of the molecule is O=C(O)c1ccc(F)c(C(=O)c2ccc([N+](=O)[O-])c(Cl)c2)c1. The number of aromatic carboxylic acids is 1. The maximum atomic E-state index is 13.7. The lowest BCUT2D eigenvalue weighted by atomic mass is 10.0. The van der Waals surface area contributed by atoms with Crippen LogP contribution in [0.25, 0.3) is 0 Å². The smallest absolute Gasteiger partial charge is 0.335 e. The molecule has 0 atom stereocenters. The predicted molar refractivity (Wildman–Crippen MR) is 74.9 cm³/mol. The summed E-state index contributed by atoms with van der Waals surface area (Å²) in [6, 6.07) is 5.97. The zero-order valence-corrected chi connectivity index (χ0v) is 11.5. The highest BCUT2D eigenvalue weighted by molar-refractivity contribution is 6.33. The number of carboxylic acids is 1. The van der Waals surface area contributed by atoms with E-state index in [4.69, 9.17) is 16.7 Å². The second kappa shape index (κ2) is 5.90. The number of hydrogen-bond acceptors (Lipinski definition) is 4. The van der Waals surface area contributed by atoms with Crippen LogP contribution in [0.4, 0.5) is 10.1 Å². The van der Waals surface area contributed by atoms with Gasteiger partial charge in [0.1, 0.15) is 10.8 Å². The number of carbonyl (C=O) groups is 2. The predicted octanol–water partition coefficient (Wildman–Crippen LogP) is 3.32. The number of benzene rings is 2. The number of halogens is 2. The number of nitrogens with zero attached hydrogens (tertiary/aromatic N) is 1. The van der Waals surface area contributed by atoms with Crippen LogP contribution < -0.4 is 0 Å². The Morgan fingerprint density at radius 1 is 1.14 bits per heavy atom. The lowest BCUT2D eigenvalue weighted by Gasteiger charge is -2.05. The Labute approximate surface area is 127 Å². The van der Waals surface area contributed by atoms with Gasteiger partial charge < -0.3 is 5.11 Å². The van der Waals surface area contributed by atoms with Gasteiger partial charge in [-0.25, -0.2) is 9.18 Å². The lowest BCUT2D eigenvalue weighted by molar-refractivity contribution is -0.384. The average molecular weight is 324 g/mol. The van der Waals surface area contributed by atoms with Crippen LogP contribution in [0.2, 0.25) is 5.02 Å². The van der Waals surface area contributed by atoms with E-state index in [2.05, 4.69) is 0 Å². The summed E-state index contributed by atoms with van der Waals surface area (Å²) in [6.07, 6.45) is 0. The Balaban J connectivity index is 2.48. The molecule has 2 aromatic carbocycles. The molecule has 112 valence electrons.